The predicted molar refractivity (Wildman–Crippen MR) is 94.3 cm³/mol. The Kier molecular flexibility index (Phi) is 5.55. The number of nitrogens with zero attached hydrogens (tertiary/aromatic N) is 1. The van der Waals surface area contributed by atoms with Gasteiger partial charge in [0.05, 0.1) is 0 Å². The lowest BCUT2D eigenvalue weighted by molar-refractivity contribution is 0.803. The van der Waals surface area contributed by atoms with Gasteiger partial charge in [0, 0.05) is 12.2 Å². The predicted octanol–water partition coefficient (Wildman–Crippen LogP) is 3.63. The van der Waals surface area contributed by atoms with Crippen molar-refractivity contribution in [1.82, 2.24) is 5.32 Å². The van der Waals surface area contributed by atoms with Crippen molar-refractivity contribution in [1.29, 1.82) is 0 Å². The zero-order valence-electron chi connectivity index (χ0n) is 12.8. The Balaban J connectivity index is 2.05. The van der Waals surface area contributed by atoms with Crippen LogP contribution in [-0.4, -0.2) is 6.72 Å². The summed E-state index contributed by atoms with van der Waals surface area (Å²) in [5, 5.41) is 3.24. The molecule has 0 spiro atoms. The summed E-state index contributed by atoms with van der Waals surface area (Å²) < 4.78 is 0. The van der Waals surface area contributed by atoms with Crippen molar-refractivity contribution in [2.75, 3.05) is 0 Å². The van der Waals surface area contributed by atoms with Gasteiger partial charge in [0.1, 0.15) is 5.82 Å². The van der Waals surface area contributed by atoms with Crippen LogP contribution in [0.15, 0.2) is 77.6 Å². The highest BCUT2D eigenvalue weighted by atomic mass is 15.0. The zero-order valence-corrected chi connectivity index (χ0v) is 12.8. The van der Waals surface area contributed by atoms with Crippen molar-refractivity contribution in [2.24, 2.45) is 10.7 Å². The van der Waals surface area contributed by atoms with E-state index in [9.17, 15) is 0 Å². The van der Waals surface area contributed by atoms with E-state index in [1.807, 2.05) is 55.5 Å². The summed E-state index contributed by atoms with van der Waals surface area (Å²) in [5.41, 5.74) is 10.2. The maximum atomic E-state index is 6.10. The molecule has 3 nitrogen and oxygen atoms in total. The average Bonchev–Trinajstić information content (AvgIpc) is 2.55. The van der Waals surface area contributed by atoms with Crippen molar-refractivity contribution < 1.29 is 0 Å². The molecule has 0 saturated carbocycles. The fourth-order valence-corrected chi connectivity index (χ4v) is 2.05. The quantitative estimate of drug-likeness (QED) is 0.631. The lowest BCUT2D eigenvalue weighted by Gasteiger charge is -2.06. The molecule has 2 aromatic rings. The second-order valence-electron chi connectivity index (χ2n) is 5.04. The van der Waals surface area contributed by atoms with Crippen molar-refractivity contribution in [3.63, 3.8) is 0 Å². The minimum atomic E-state index is 0.694. The van der Waals surface area contributed by atoms with Gasteiger partial charge in [-0.2, -0.15) is 0 Å². The molecule has 0 amide bonds. The molecular weight excluding hydrogens is 270 g/mol. The smallest absolute Gasteiger partial charge is 0.125 e. The number of nitrogens with one attached hydrogen (secondary N) is 1. The number of hydrogen-bond acceptors (Lipinski definition) is 3. The first kappa shape index (κ1) is 15.6. The molecule has 0 aliphatic carbocycles. The second kappa shape index (κ2) is 7.84. The summed E-state index contributed by atoms with van der Waals surface area (Å²) in [6, 6.07) is 18.2. The largest absolute Gasteiger partial charge is 0.398 e. The van der Waals surface area contributed by atoms with Crippen LogP contribution >= 0.6 is 0 Å². The van der Waals surface area contributed by atoms with Crippen LogP contribution in [0, 0.1) is 6.92 Å². The summed E-state index contributed by atoms with van der Waals surface area (Å²) in [4.78, 5) is 3.99. The molecule has 0 fully saturated rings. The topological polar surface area (TPSA) is 50.4 Å². The molecule has 3 heteroatoms. The van der Waals surface area contributed by atoms with Crippen molar-refractivity contribution in [3.8, 4) is 0 Å². The van der Waals surface area contributed by atoms with Gasteiger partial charge in [-0.25, -0.2) is 4.99 Å². The number of nitrogens with two attached hydrogens (primary N) is 1. The van der Waals surface area contributed by atoms with Gasteiger partial charge >= 0.3 is 0 Å². The number of hydrogen-bond donors (Lipinski definition) is 2. The minimum absolute atomic E-state index is 0.694. The first-order chi connectivity index (χ1) is 10.7. The van der Waals surface area contributed by atoms with E-state index in [1.165, 1.54) is 11.1 Å². The van der Waals surface area contributed by atoms with Crippen molar-refractivity contribution in [2.45, 2.75) is 13.5 Å². The van der Waals surface area contributed by atoms with Crippen LogP contribution in [-0.2, 0) is 6.54 Å². The molecule has 22 heavy (non-hydrogen) atoms. The molecule has 0 aliphatic heterocycles. The number of aliphatic imine (C=N–C) groups is 1. The molecule has 112 valence electrons. The molecule has 2 rings (SSSR count). The van der Waals surface area contributed by atoms with Gasteiger partial charge in [-0.3, -0.25) is 0 Å². The lowest BCUT2D eigenvalue weighted by atomic mass is 10.1. The van der Waals surface area contributed by atoms with E-state index in [2.05, 4.69) is 35.2 Å². The summed E-state index contributed by atoms with van der Waals surface area (Å²) in [5.74, 6) is 0.694. The number of rotatable bonds is 6. The number of allylic oxidation sites excluding steroid dienone is 2. The van der Waals surface area contributed by atoms with Gasteiger partial charge in [-0.05, 0) is 43.0 Å². The van der Waals surface area contributed by atoms with Gasteiger partial charge in [0.2, 0.25) is 0 Å². The van der Waals surface area contributed by atoms with E-state index < -0.39 is 0 Å². The van der Waals surface area contributed by atoms with E-state index in [0.29, 0.717) is 18.1 Å². The van der Waals surface area contributed by atoms with E-state index in [1.54, 1.807) is 0 Å². The molecule has 0 heterocycles. The standard InChI is InChI=1S/C19H21N3/c1-15-7-6-10-17(13-15)18(20)11-12-19(21-2)22-14-16-8-4-3-5-9-16/h3-13,22H,2,14,20H2,1H3/b18-11-,19-12+. The second-order valence-corrected chi connectivity index (χ2v) is 5.04. The molecule has 0 atom stereocenters. The van der Waals surface area contributed by atoms with E-state index in [4.69, 9.17) is 5.73 Å². The Hall–Kier alpha value is -2.81. The third kappa shape index (κ3) is 4.63. The van der Waals surface area contributed by atoms with Gasteiger partial charge < -0.3 is 11.1 Å². The lowest BCUT2D eigenvalue weighted by Crippen LogP contribution is -2.11. The van der Waals surface area contributed by atoms with E-state index in [-0.39, 0.29) is 0 Å². The van der Waals surface area contributed by atoms with Gasteiger partial charge in [0.25, 0.3) is 0 Å². The van der Waals surface area contributed by atoms with E-state index in [0.717, 1.165) is 5.56 Å². The summed E-state index contributed by atoms with van der Waals surface area (Å²) in [6.07, 6.45) is 3.68. The molecule has 0 unspecified atom stereocenters. The molecule has 3 N–H and O–H groups in total. The van der Waals surface area contributed by atoms with Crippen LogP contribution in [0.2, 0.25) is 0 Å². The van der Waals surface area contributed by atoms with E-state index >= 15 is 0 Å². The van der Waals surface area contributed by atoms with Crippen LogP contribution in [0.4, 0.5) is 0 Å². The fraction of sp³-hybridized carbons (Fsp3) is 0.105. The van der Waals surface area contributed by atoms with Gasteiger partial charge in [-0.1, -0.05) is 54.1 Å². The SMILES string of the molecule is C=N/C(=C\C=C(/N)c1cccc(C)c1)NCc1ccccc1. The third-order valence-electron chi connectivity index (χ3n) is 3.26. The van der Waals surface area contributed by atoms with Crippen LogP contribution in [0.5, 0.6) is 0 Å². The molecule has 2 aromatic carbocycles. The van der Waals surface area contributed by atoms with Crippen LogP contribution < -0.4 is 11.1 Å². The Morgan fingerprint density at radius 3 is 2.59 bits per heavy atom. The summed E-state index contributed by atoms with van der Waals surface area (Å²) in [7, 11) is 0. The number of aryl methyl sites for hydroxylation is 1. The first-order valence-corrected chi connectivity index (χ1v) is 7.18. The van der Waals surface area contributed by atoms with Crippen molar-refractivity contribution in [3.05, 3.63) is 89.3 Å². The van der Waals surface area contributed by atoms with Crippen LogP contribution in [0.1, 0.15) is 16.7 Å². The highest BCUT2D eigenvalue weighted by Gasteiger charge is 1.97. The van der Waals surface area contributed by atoms with Crippen LogP contribution in [0.3, 0.4) is 0 Å². The fourth-order valence-electron chi connectivity index (χ4n) is 2.05. The van der Waals surface area contributed by atoms with Gasteiger partial charge in [0.15, 0.2) is 0 Å². The average molecular weight is 291 g/mol. The van der Waals surface area contributed by atoms with Crippen LogP contribution in [0.25, 0.3) is 5.70 Å². The molecule has 0 aliphatic rings. The summed E-state index contributed by atoms with van der Waals surface area (Å²) in [6.45, 7) is 6.33. The molecule has 0 radical (unpaired) electrons. The highest BCUT2D eigenvalue weighted by Crippen LogP contribution is 2.11. The maximum absolute atomic E-state index is 6.10. The Labute approximate surface area is 131 Å². The first-order valence-electron chi connectivity index (χ1n) is 7.18. The third-order valence-corrected chi connectivity index (χ3v) is 3.26. The summed E-state index contributed by atoms with van der Waals surface area (Å²) >= 11 is 0. The monoisotopic (exact) mass is 291 g/mol. The molecule has 0 aromatic heterocycles. The maximum Gasteiger partial charge on any atom is 0.125 e. The number of benzene rings is 2. The van der Waals surface area contributed by atoms with Gasteiger partial charge in [-0.15, -0.1) is 0 Å². The molecule has 0 saturated heterocycles. The molecular formula is C19H21N3. The molecule has 0 bridgehead atoms. The minimum Gasteiger partial charge on any atom is -0.398 e. The Morgan fingerprint density at radius 2 is 1.91 bits per heavy atom. The zero-order chi connectivity index (χ0) is 15.8. The normalized spacial score (nSPS) is 12.0. The Morgan fingerprint density at radius 1 is 1.14 bits per heavy atom. The highest BCUT2D eigenvalue weighted by molar-refractivity contribution is 5.64. The Bertz CT molecular complexity index is 685. The van der Waals surface area contributed by atoms with Crippen molar-refractivity contribution >= 4 is 12.4 Å².